The van der Waals surface area contributed by atoms with Gasteiger partial charge in [-0.2, -0.15) is 0 Å². The van der Waals surface area contributed by atoms with Crippen LogP contribution >= 0.6 is 11.3 Å². The predicted octanol–water partition coefficient (Wildman–Crippen LogP) is 5.02. The Balaban J connectivity index is 1.50. The highest BCUT2D eigenvalue weighted by Crippen LogP contribution is 2.34. The largest absolute Gasteiger partial charge is 0.376 e. The van der Waals surface area contributed by atoms with E-state index in [1.165, 1.54) is 17.4 Å². The van der Waals surface area contributed by atoms with Gasteiger partial charge in [0.15, 0.2) is 5.13 Å². The number of nitrogens with zero attached hydrogens (tertiary/aromatic N) is 4. The van der Waals surface area contributed by atoms with E-state index in [2.05, 4.69) is 4.98 Å². The van der Waals surface area contributed by atoms with Gasteiger partial charge in [-0.3, -0.25) is 19.8 Å². The second-order valence-electron chi connectivity index (χ2n) is 8.52. The first-order valence-corrected chi connectivity index (χ1v) is 12.2. The van der Waals surface area contributed by atoms with E-state index >= 15 is 0 Å². The molecule has 0 radical (unpaired) electrons. The molecule has 0 N–H and O–H groups in total. The molecule has 2 fully saturated rings. The van der Waals surface area contributed by atoms with E-state index in [0.717, 1.165) is 55.4 Å². The van der Waals surface area contributed by atoms with Crippen LogP contribution in [0.15, 0.2) is 42.5 Å². The number of anilines is 2. The van der Waals surface area contributed by atoms with E-state index in [0.29, 0.717) is 29.5 Å². The molecule has 2 aliphatic heterocycles. The Bertz CT molecular complexity index is 1140. The fourth-order valence-corrected chi connectivity index (χ4v) is 5.55. The number of piperidine rings is 1. The maximum atomic E-state index is 13.7. The maximum Gasteiger partial charge on any atom is 0.293 e. The predicted molar refractivity (Wildman–Crippen MR) is 129 cm³/mol. The van der Waals surface area contributed by atoms with Crippen LogP contribution in [0.2, 0.25) is 0 Å². The Morgan fingerprint density at radius 3 is 2.73 bits per heavy atom. The molecule has 3 heterocycles. The Morgan fingerprint density at radius 2 is 2.00 bits per heavy atom. The second kappa shape index (κ2) is 9.44. The van der Waals surface area contributed by atoms with Crippen molar-refractivity contribution in [3.8, 4) is 0 Å². The minimum atomic E-state index is -0.386. The third-order valence-electron chi connectivity index (χ3n) is 6.28. The molecule has 3 aromatic rings. The van der Waals surface area contributed by atoms with Crippen LogP contribution in [0.5, 0.6) is 0 Å². The second-order valence-corrected chi connectivity index (χ2v) is 9.53. The molecule has 33 heavy (non-hydrogen) atoms. The lowest BCUT2D eigenvalue weighted by Gasteiger charge is -2.28. The van der Waals surface area contributed by atoms with Crippen molar-refractivity contribution in [3.63, 3.8) is 0 Å². The van der Waals surface area contributed by atoms with E-state index in [9.17, 15) is 14.9 Å². The first-order valence-electron chi connectivity index (χ1n) is 11.4. The number of thiazole rings is 1. The van der Waals surface area contributed by atoms with Crippen LogP contribution in [-0.4, -0.2) is 48.2 Å². The molecule has 0 aliphatic carbocycles. The minimum Gasteiger partial charge on any atom is -0.376 e. The molecule has 0 spiro atoms. The summed E-state index contributed by atoms with van der Waals surface area (Å²) in [6.45, 7) is 2.65. The quantitative estimate of drug-likeness (QED) is 0.374. The zero-order chi connectivity index (χ0) is 22.8. The lowest BCUT2D eigenvalue weighted by molar-refractivity contribution is -0.384. The summed E-state index contributed by atoms with van der Waals surface area (Å²) in [5.41, 5.74) is 1.68. The number of benzene rings is 2. The van der Waals surface area contributed by atoms with Crippen molar-refractivity contribution in [3.05, 3.63) is 58.1 Å². The number of ether oxygens (including phenoxy) is 1. The molecule has 0 saturated carbocycles. The first-order chi connectivity index (χ1) is 16.1. The van der Waals surface area contributed by atoms with Gasteiger partial charge in [0.05, 0.1) is 27.8 Å². The molecule has 172 valence electrons. The van der Waals surface area contributed by atoms with E-state index in [-0.39, 0.29) is 22.6 Å². The number of hydrogen-bond donors (Lipinski definition) is 0. The van der Waals surface area contributed by atoms with Gasteiger partial charge in [0.2, 0.25) is 0 Å². The Hall–Kier alpha value is -3.04. The monoisotopic (exact) mass is 466 g/mol. The van der Waals surface area contributed by atoms with E-state index in [1.54, 1.807) is 17.0 Å². The minimum absolute atomic E-state index is 0.0240. The number of aromatic nitrogens is 1. The number of fused-ring (bicyclic) bond motifs is 1. The molecule has 2 aromatic carbocycles. The highest BCUT2D eigenvalue weighted by Gasteiger charge is 2.29. The lowest BCUT2D eigenvalue weighted by Crippen LogP contribution is -2.37. The van der Waals surface area contributed by atoms with E-state index in [1.807, 2.05) is 29.2 Å². The van der Waals surface area contributed by atoms with Gasteiger partial charge in [0.1, 0.15) is 5.69 Å². The van der Waals surface area contributed by atoms with Crippen LogP contribution in [0.1, 0.15) is 42.5 Å². The fourth-order valence-electron chi connectivity index (χ4n) is 4.58. The lowest BCUT2D eigenvalue weighted by atomic mass is 10.1. The Morgan fingerprint density at radius 1 is 1.18 bits per heavy atom. The molecular formula is C24H26N4O4S. The van der Waals surface area contributed by atoms with Crippen molar-refractivity contribution in [1.29, 1.82) is 0 Å². The van der Waals surface area contributed by atoms with Crippen LogP contribution in [-0.2, 0) is 4.74 Å². The van der Waals surface area contributed by atoms with Crippen LogP contribution in [0, 0.1) is 10.1 Å². The van der Waals surface area contributed by atoms with Crippen LogP contribution < -0.4 is 9.80 Å². The summed E-state index contributed by atoms with van der Waals surface area (Å²) in [5.74, 6) is -0.294. The van der Waals surface area contributed by atoms with Gasteiger partial charge in [-0.25, -0.2) is 4.98 Å². The zero-order valence-corrected chi connectivity index (χ0v) is 19.1. The molecule has 5 rings (SSSR count). The third kappa shape index (κ3) is 4.56. The fraction of sp³-hybridized carbons (Fsp3) is 0.417. The standard InChI is InChI=1S/C24H26N4O4S/c29-23(17-10-11-20(21(15-17)28(30)31)26-12-4-1-5-13-26)27(16-18-7-6-14-32-18)24-25-19-8-2-3-9-22(19)33-24/h2-3,8-11,15,18H,1,4-7,12-14,16H2. The van der Waals surface area contributed by atoms with E-state index in [4.69, 9.17) is 4.74 Å². The van der Waals surface area contributed by atoms with Gasteiger partial charge in [-0.05, 0) is 56.4 Å². The van der Waals surface area contributed by atoms with Gasteiger partial charge >= 0.3 is 0 Å². The van der Waals surface area contributed by atoms with Crippen molar-refractivity contribution >= 4 is 44.0 Å². The molecule has 8 nitrogen and oxygen atoms in total. The highest BCUT2D eigenvalue weighted by atomic mass is 32.1. The maximum absolute atomic E-state index is 13.7. The Labute approximate surface area is 195 Å². The summed E-state index contributed by atoms with van der Waals surface area (Å²) >= 11 is 1.44. The van der Waals surface area contributed by atoms with Gasteiger partial charge in [0, 0.05) is 31.3 Å². The number of hydrogen-bond acceptors (Lipinski definition) is 7. The molecular weight excluding hydrogens is 440 g/mol. The molecule has 1 unspecified atom stereocenters. The molecule has 1 amide bonds. The van der Waals surface area contributed by atoms with Crippen LogP contribution in [0.4, 0.5) is 16.5 Å². The number of carbonyl (C=O) groups is 1. The SMILES string of the molecule is O=C(c1ccc(N2CCCCC2)c([N+](=O)[O-])c1)N(CC1CCCO1)c1nc2ccccc2s1. The highest BCUT2D eigenvalue weighted by molar-refractivity contribution is 7.22. The molecule has 2 saturated heterocycles. The summed E-state index contributed by atoms with van der Waals surface area (Å²) in [4.78, 5) is 33.5. The summed E-state index contributed by atoms with van der Waals surface area (Å²) in [5, 5.41) is 12.5. The number of carbonyl (C=O) groups excluding carboxylic acids is 1. The third-order valence-corrected chi connectivity index (χ3v) is 7.34. The summed E-state index contributed by atoms with van der Waals surface area (Å²) < 4.78 is 6.78. The topological polar surface area (TPSA) is 88.8 Å². The molecule has 0 bridgehead atoms. The average Bonchev–Trinajstić information content (AvgIpc) is 3.52. The van der Waals surface area contributed by atoms with Gasteiger partial charge in [-0.15, -0.1) is 0 Å². The van der Waals surface area contributed by atoms with Crippen LogP contribution in [0.3, 0.4) is 0 Å². The number of nitro groups is 1. The smallest absolute Gasteiger partial charge is 0.293 e. The zero-order valence-electron chi connectivity index (χ0n) is 18.3. The van der Waals surface area contributed by atoms with Crippen molar-refractivity contribution in [2.75, 3.05) is 36.0 Å². The summed E-state index contributed by atoms with van der Waals surface area (Å²) in [6, 6.07) is 12.6. The number of para-hydroxylation sites is 1. The number of amides is 1. The summed E-state index contributed by atoms with van der Waals surface area (Å²) in [6.07, 6.45) is 4.95. The normalized spacial score (nSPS) is 18.5. The Kier molecular flexibility index (Phi) is 6.24. The molecule has 2 aliphatic rings. The number of rotatable bonds is 6. The van der Waals surface area contributed by atoms with Gasteiger partial charge in [0.25, 0.3) is 11.6 Å². The van der Waals surface area contributed by atoms with Crippen molar-refractivity contribution < 1.29 is 14.5 Å². The average molecular weight is 467 g/mol. The van der Waals surface area contributed by atoms with Crippen LogP contribution in [0.25, 0.3) is 10.2 Å². The molecule has 9 heteroatoms. The number of nitro benzene ring substituents is 1. The van der Waals surface area contributed by atoms with E-state index < -0.39 is 0 Å². The van der Waals surface area contributed by atoms with Gasteiger partial charge < -0.3 is 9.64 Å². The van der Waals surface area contributed by atoms with Crippen molar-refractivity contribution in [2.24, 2.45) is 0 Å². The molecule has 1 aromatic heterocycles. The summed E-state index contributed by atoms with van der Waals surface area (Å²) in [7, 11) is 0. The van der Waals surface area contributed by atoms with Crippen molar-refractivity contribution in [1.82, 2.24) is 4.98 Å². The first kappa shape index (κ1) is 21.8. The van der Waals surface area contributed by atoms with Gasteiger partial charge in [-0.1, -0.05) is 23.5 Å². The van der Waals surface area contributed by atoms with Crippen molar-refractivity contribution in [2.45, 2.75) is 38.2 Å². The molecule has 1 atom stereocenters.